The Balaban J connectivity index is 1.20. The largest absolute Gasteiger partial charge is 0.455 e. The average Bonchev–Trinajstić information content (AvgIpc) is 3.66. The highest BCUT2D eigenvalue weighted by molar-refractivity contribution is 7.00. The van der Waals surface area contributed by atoms with Crippen LogP contribution in [0.5, 0.6) is 0 Å². The number of furan rings is 1. The van der Waals surface area contributed by atoms with Crippen molar-refractivity contribution in [3.63, 3.8) is 0 Å². The van der Waals surface area contributed by atoms with Crippen molar-refractivity contribution in [1.29, 1.82) is 0 Å². The van der Waals surface area contributed by atoms with E-state index >= 15 is 0 Å². The van der Waals surface area contributed by atoms with Crippen LogP contribution in [0.25, 0.3) is 43.8 Å². The molecule has 0 radical (unpaired) electrons. The molecule has 2 aliphatic rings. The van der Waals surface area contributed by atoms with Crippen molar-refractivity contribution in [3.05, 3.63) is 174 Å². The van der Waals surface area contributed by atoms with E-state index < -0.39 is 0 Å². The van der Waals surface area contributed by atoms with Gasteiger partial charge in [0.15, 0.2) is 0 Å². The second kappa shape index (κ2) is 14.5. The molecular formula is C62H61BN2O. The number of para-hydroxylation sites is 2. The summed E-state index contributed by atoms with van der Waals surface area (Å²) in [6.45, 7) is 28.1. The highest BCUT2D eigenvalue weighted by atomic mass is 16.3. The van der Waals surface area contributed by atoms with Gasteiger partial charge in [-0.2, -0.15) is 0 Å². The molecule has 0 fully saturated rings. The Bertz CT molecular complexity index is 3420. The van der Waals surface area contributed by atoms with Crippen LogP contribution >= 0.6 is 0 Å². The van der Waals surface area contributed by atoms with Crippen molar-refractivity contribution in [2.45, 2.75) is 105 Å². The summed E-state index contributed by atoms with van der Waals surface area (Å²) in [4.78, 5) is 5.21. The Labute approximate surface area is 392 Å². The molecule has 0 atom stereocenters. The highest BCUT2D eigenvalue weighted by Gasteiger charge is 2.45. The normalized spacial score (nSPS) is 14.0. The van der Waals surface area contributed by atoms with Gasteiger partial charge in [0, 0.05) is 50.2 Å². The smallest absolute Gasteiger partial charge is 0.252 e. The van der Waals surface area contributed by atoms with E-state index in [9.17, 15) is 0 Å². The minimum Gasteiger partial charge on any atom is -0.455 e. The van der Waals surface area contributed by atoms with Gasteiger partial charge in [-0.05, 0) is 120 Å². The summed E-state index contributed by atoms with van der Waals surface area (Å²) in [7, 11) is 0. The monoisotopic (exact) mass is 860 g/mol. The minimum atomic E-state index is -0.132. The lowest BCUT2D eigenvalue weighted by molar-refractivity contribution is 0.590. The summed E-state index contributed by atoms with van der Waals surface area (Å²) in [5.74, 6) is 0. The second-order valence-electron chi connectivity index (χ2n) is 23.1. The first kappa shape index (κ1) is 42.1. The molecule has 0 saturated heterocycles. The predicted octanol–water partition coefficient (Wildman–Crippen LogP) is 15.7. The molecule has 0 unspecified atom stereocenters. The van der Waals surface area contributed by atoms with Gasteiger partial charge in [0.2, 0.25) is 0 Å². The Kier molecular flexibility index (Phi) is 9.25. The summed E-state index contributed by atoms with van der Waals surface area (Å²) in [6.07, 6.45) is 0. The lowest BCUT2D eigenvalue weighted by Crippen LogP contribution is -2.61. The van der Waals surface area contributed by atoms with Crippen LogP contribution in [-0.4, -0.2) is 6.71 Å². The van der Waals surface area contributed by atoms with Crippen LogP contribution in [-0.2, 0) is 21.7 Å². The van der Waals surface area contributed by atoms with E-state index in [2.05, 4.69) is 238 Å². The van der Waals surface area contributed by atoms with E-state index in [0.717, 1.165) is 38.8 Å². The fourth-order valence-electron chi connectivity index (χ4n) is 10.8. The van der Waals surface area contributed by atoms with Gasteiger partial charge in [0.05, 0.1) is 5.69 Å². The first-order chi connectivity index (χ1) is 31.3. The maximum Gasteiger partial charge on any atom is 0.252 e. The number of rotatable bonds is 3. The van der Waals surface area contributed by atoms with E-state index in [1.807, 2.05) is 6.07 Å². The summed E-state index contributed by atoms with van der Waals surface area (Å²) >= 11 is 0. The zero-order valence-electron chi connectivity index (χ0n) is 40.8. The minimum absolute atomic E-state index is 0.0159. The first-order valence-electron chi connectivity index (χ1n) is 23.9. The topological polar surface area (TPSA) is 19.6 Å². The van der Waals surface area contributed by atoms with E-state index in [4.69, 9.17) is 4.42 Å². The molecular weight excluding hydrogens is 800 g/mol. The Hall–Kier alpha value is -6.52. The van der Waals surface area contributed by atoms with Crippen molar-refractivity contribution < 1.29 is 4.42 Å². The third kappa shape index (κ3) is 6.62. The van der Waals surface area contributed by atoms with Gasteiger partial charge in [0.1, 0.15) is 11.2 Å². The summed E-state index contributed by atoms with van der Waals surface area (Å²) < 4.78 is 6.55. The fraction of sp³-hybridized carbons (Fsp3) is 0.258. The summed E-state index contributed by atoms with van der Waals surface area (Å²) in [5, 5.41) is 4.86. The molecule has 4 heteroatoms. The Morgan fingerprint density at radius 3 is 1.53 bits per heavy atom. The van der Waals surface area contributed by atoms with E-state index in [1.54, 1.807) is 0 Å². The van der Waals surface area contributed by atoms with Crippen LogP contribution in [0, 0.1) is 0 Å². The van der Waals surface area contributed by atoms with Gasteiger partial charge < -0.3 is 14.2 Å². The molecule has 0 amide bonds. The van der Waals surface area contributed by atoms with Crippen LogP contribution in [0.3, 0.4) is 0 Å². The van der Waals surface area contributed by atoms with Gasteiger partial charge in [-0.1, -0.05) is 186 Å². The Morgan fingerprint density at radius 2 is 0.924 bits per heavy atom. The van der Waals surface area contributed by atoms with Gasteiger partial charge in [-0.3, -0.25) is 0 Å². The number of benzene rings is 8. The number of fused-ring (bicyclic) bond motifs is 8. The van der Waals surface area contributed by atoms with Crippen LogP contribution < -0.4 is 26.2 Å². The zero-order chi connectivity index (χ0) is 46.2. The fourth-order valence-corrected chi connectivity index (χ4v) is 10.8. The predicted molar refractivity (Wildman–Crippen MR) is 285 cm³/mol. The van der Waals surface area contributed by atoms with Crippen LogP contribution in [0.4, 0.5) is 34.1 Å². The number of nitrogens with zero attached hydrogens (tertiary/aromatic N) is 2. The molecule has 66 heavy (non-hydrogen) atoms. The molecule has 0 N–H and O–H groups in total. The molecule has 1 aromatic heterocycles. The number of hydrogen-bond donors (Lipinski definition) is 0. The van der Waals surface area contributed by atoms with E-state index in [-0.39, 0.29) is 28.4 Å². The summed E-state index contributed by atoms with van der Waals surface area (Å²) in [6, 6.07) is 57.6. The van der Waals surface area contributed by atoms with Gasteiger partial charge >= 0.3 is 0 Å². The standard InChI is InChI=1S/C62H61BN2O/c1-59(2,3)39-26-31-49-52(34-39)64(42-28-24-38(25-29-42)43-21-17-22-47-46-20-15-16-23-56(46)66-58(43)47)54-36-41(61(7,8)9)37-55-57(54)63(49)50-32-27-40(60(4,5)6)35-53(50)65(55)51-33-30-48(62(10,11)12)44-18-13-14-19-45(44)51/h13-37H,1-12H3. The highest BCUT2D eigenvalue weighted by Crippen LogP contribution is 2.49. The van der Waals surface area contributed by atoms with Crippen molar-refractivity contribution in [1.82, 2.24) is 0 Å². The molecule has 0 bridgehead atoms. The molecule has 0 aliphatic carbocycles. The van der Waals surface area contributed by atoms with Crippen molar-refractivity contribution in [2.24, 2.45) is 0 Å². The van der Waals surface area contributed by atoms with Gasteiger partial charge in [-0.15, -0.1) is 0 Å². The number of hydrogen-bond acceptors (Lipinski definition) is 3. The molecule has 8 aromatic carbocycles. The Morgan fingerprint density at radius 1 is 0.394 bits per heavy atom. The molecule has 0 saturated carbocycles. The van der Waals surface area contributed by atoms with Crippen LogP contribution in [0.1, 0.15) is 105 Å². The quantitative estimate of drug-likeness (QED) is 0.165. The van der Waals surface area contributed by atoms with Crippen molar-refractivity contribution in [2.75, 3.05) is 9.80 Å². The molecule has 3 heterocycles. The molecule has 328 valence electrons. The van der Waals surface area contributed by atoms with E-state index in [1.165, 1.54) is 77.9 Å². The molecule has 2 aliphatic heterocycles. The van der Waals surface area contributed by atoms with Crippen molar-refractivity contribution >= 4 is 89.9 Å². The molecule has 9 aromatic rings. The number of anilines is 6. The van der Waals surface area contributed by atoms with Crippen LogP contribution in [0.2, 0.25) is 0 Å². The lowest BCUT2D eigenvalue weighted by atomic mass is 9.33. The van der Waals surface area contributed by atoms with E-state index in [0.29, 0.717) is 0 Å². The van der Waals surface area contributed by atoms with Crippen molar-refractivity contribution in [3.8, 4) is 11.1 Å². The first-order valence-corrected chi connectivity index (χ1v) is 23.9. The zero-order valence-corrected chi connectivity index (χ0v) is 40.8. The average molecular weight is 861 g/mol. The van der Waals surface area contributed by atoms with Crippen LogP contribution in [0.15, 0.2) is 156 Å². The third-order valence-corrected chi connectivity index (χ3v) is 14.5. The third-order valence-electron chi connectivity index (χ3n) is 14.5. The molecule has 11 rings (SSSR count). The molecule has 0 spiro atoms. The van der Waals surface area contributed by atoms with Gasteiger partial charge in [-0.25, -0.2) is 0 Å². The second-order valence-corrected chi connectivity index (χ2v) is 23.1. The molecule has 3 nitrogen and oxygen atoms in total. The lowest BCUT2D eigenvalue weighted by Gasteiger charge is -2.46. The summed E-state index contributed by atoms with van der Waals surface area (Å²) in [5.41, 5.74) is 20.5. The maximum absolute atomic E-state index is 6.55. The van der Waals surface area contributed by atoms with Gasteiger partial charge in [0.25, 0.3) is 6.71 Å². The SMILES string of the molecule is CC(C)(C)c1ccc2c(c1)N(c1ccc(-c3cccc4c3oc3ccccc34)cc1)c1cc(C(C)(C)C)cc3c1B2c1ccc(C(C)(C)C)cc1N3c1ccc(C(C)(C)C)c2ccccc12. The maximum atomic E-state index is 6.55.